The number of rotatable bonds is 5. The van der Waals surface area contributed by atoms with Crippen LogP contribution in [0.3, 0.4) is 0 Å². The molecule has 0 amide bonds. The van der Waals surface area contributed by atoms with Gasteiger partial charge in [0.1, 0.15) is 5.78 Å². The van der Waals surface area contributed by atoms with E-state index in [0.29, 0.717) is 11.4 Å². The molecule has 8 heteroatoms. The summed E-state index contributed by atoms with van der Waals surface area (Å²) >= 11 is 0. The van der Waals surface area contributed by atoms with Crippen LogP contribution in [0.4, 0.5) is 13.2 Å². The molecule has 0 aliphatic carbocycles. The second kappa shape index (κ2) is 7.07. The molecule has 134 valence electrons. The highest BCUT2D eigenvalue weighted by atomic mass is 19.4. The van der Waals surface area contributed by atoms with Gasteiger partial charge in [-0.15, -0.1) is 10.2 Å². The van der Waals surface area contributed by atoms with Crippen molar-refractivity contribution >= 4 is 5.78 Å². The topological polar surface area (TPSA) is 60.7 Å². The van der Waals surface area contributed by atoms with Crippen LogP contribution in [-0.4, -0.2) is 26.0 Å². The van der Waals surface area contributed by atoms with Crippen molar-refractivity contribution in [2.45, 2.75) is 19.0 Å². The second-order valence-electron chi connectivity index (χ2n) is 5.85. The summed E-state index contributed by atoms with van der Waals surface area (Å²) in [5.41, 5.74) is 0.687. The monoisotopic (exact) mass is 360 g/mol. The van der Waals surface area contributed by atoms with Crippen molar-refractivity contribution < 1.29 is 18.0 Å². The molecule has 0 N–H and O–H groups in total. The average Bonchev–Trinajstić information content (AvgIpc) is 3.01. The van der Waals surface area contributed by atoms with Gasteiger partial charge in [-0.3, -0.25) is 4.79 Å². The summed E-state index contributed by atoms with van der Waals surface area (Å²) in [7, 11) is 1.66. The van der Waals surface area contributed by atoms with E-state index in [9.17, 15) is 18.0 Å². The van der Waals surface area contributed by atoms with Gasteiger partial charge in [0.05, 0.1) is 12.6 Å². The summed E-state index contributed by atoms with van der Waals surface area (Å²) in [6, 6.07) is 12.1. The molecule has 0 atom stereocenters. The maximum atomic E-state index is 13.0. The van der Waals surface area contributed by atoms with Crippen molar-refractivity contribution in [1.82, 2.24) is 20.2 Å². The predicted molar refractivity (Wildman–Crippen MR) is 88.1 cm³/mol. The lowest BCUT2D eigenvalue weighted by Crippen LogP contribution is -2.13. The van der Waals surface area contributed by atoms with Crippen LogP contribution in [0.5, 0.6) is 0 Å². The van der Waals surface area contributed by atoms with Gasteiger partial charge < -0.3 is 0 Å². The largest absolute Gasteiger partial charge is 0.416 e. The van der Waals surface area contributed by atoms with Crippen molar-refractivity contribution in [1.29, 1.82) is 0 Å². The molecular weight excluding hydrogens is 345 g/mol. The van der Waals surface area contributed by atoms with E-state index in [-0.39, 0.29) is 24.2 Å². The zero-order valence-electron chi connectivity index (χ0n) is 13.9. The lowest BCUT2D eigenvalue weighted by molar-refractivity contribution is -0.138. The van der Waals surface area contributed by atoms with E-state index in [1.165, 1.54) is 23.0 Å². The number of ketones is 1. The maximum Gasteiger partial charge on any atom is 0.416 e. The van der Waals surface area contributed by atoms with E-state index >= 15 is 0 Å². The van der Waals surface area contributed by atoms with Gasteiger partial charge in [-0.1, -0.05) is 42.5 Å². The molecule has 0 radical (unpaired) electrons. The smallest absolute Gasteiger partial charge is 0.299 e. The Bertz CT molecular complexity index is 917. The molecule has 0 saturated carbocycles. The lowest BCUT2D eigenvalue weighted by atomic mass is 9.98. The molecule has 26 heavy (non-hydrogen) atoms. The van der Waals surface area contributed by atoms with Crippen molar-refractivity contribution in [3.63, 3.8) is 0 Å². The average molecular weight is 360 g/mol. The Balaban J connectivity index is 1.69. The van der Waals surface area contributed by atoms with Gasteiger partial charge in [-0.2, -0.15) is 18.0 Å². The summed E-state index contributed by atoms with van der Waals surface area (Å²) in [6.07, 6.45) is -4.67. The number of alkyl halides is 3. The van der Waals surface area contributed by atoms with Gasteiger partial charge in [0.15, 0.2) is 0 Å². The molecule has 0 fully saturated rings. The van der Waals surface area contributed by atoms with Crippen LogP contribution in [0.1, 0.15) is 16.7 Å². The third-order valence-corrected chi connectivity index (χ3v) is 3.83. The molecule has 0 saturated heterocycles. The number of Topliss-reactive ketones (excluding diaryl/α,β-unsaturated/α-hetero) is 1. The van der Waals surface area contributed by atoms with E-state index in [0.717, 1.165) is 11.6 Å². The summed E-state index contributed by atoms with van der Waals surface area (Å²) < 4.78 is 39.0. The van der Waals surface area contributed by atoms with Crippen molar-refractivity contribution in [3.05, 3.63) is 65.2 Å². The summed E-state index contributed by atoms with van der Waals surface area (Å²) in [5.74, 6) is 0.177. The molecule has 3 aromatic rings. The highest BCUT2D eigenvalue weighted by Crippen LogP contribution is 2.32. The maximum absolute atomic E-state index is 13.0. The number of aryl methyl sites for hydroxylation is 1. The molecule has 1 aromatic heterocycles. The minimum absolute atomic E-state index is 0.00891. The zero-order chi connectivity index (χ0) is 18.7. The van der Waals surface area contributed by atoms with Crippen LogP contribution in [0.2, 0.25) is 0 Å². The van der Waals surface area contributed by atoms with Crippen LogP contribution in [-0.2, 0) is 30.9 Å². The third kappa shape index (κ3) is 4.14. The molecule has 0 bridgehead atoms. The Kier molecular flexibility index (Phi) is 4.83. The number of hydrogen-bond acceptors (Lipinski definition) is 4. The van der Waals surface area contributed by atoms with Crippen molar-refractivity contribution in [3.8, 4) is 11.4 Å². The van der Waals surface area contributed by atoms with Crippen LogP contribution >= 0.6 is 0 Å². The number of tetrazole rings is 1. The number of aromatic nitrogens is 4. The molecule has 3 rings (SSSR count). The van der Waals surface area contributed by atoms with Gasteiger partial charge in [0.25, 0.3) is 0 Å². The van der Waals surface area contributed by atoms with Gasteiger partial charge in [0.2, 0.25) is 5.82 Å². The van der Waals surface area contributed by atoms with Gasteiger partial charge in [0, 0.05) is 18.4 Å². The van der Waals surface area contributed by atoms with E-state index in [1.807, 2.05) is 0 Å². The number of carbonyl (C=O) groups is 1. The minimum Gasteiger partial charge on any atom is -0.299 e. The fraction of sp³-hybridized carbons (Fsp3) is 0.222. The van der Waals surface area contributed by atoms with Crippen LogP contribution in [0.25, 0.3) is 11.4 Å². The predicted octanol–water partition coefficient (Wildman–Crippen LogP) is 3.25. The van der Waals surface area contributed by atoms with E-state index in [2.05, 4.69) is 15.4 Å². The Morgan fingerprint density at radius 2 is 1.73 bits per heavy atom. The Labute approximate surface area is 147 Å². The van der Waals surface area contributed by atoms with Crippen LogP contribution in [0.15, 0.2) is 48.5 Å². The van der Waals surface area contributed by atoms with E-state index in [4.69, 9.17) is 0 Å². The number of carbonyl (C=O) groups excluding carboxylic acids is 1. The summed E-state index contributed by atoms with van der Waals surface area (Å²) in [4.78, 5) is 13.6. The quantitative estimate of drug-likeness (QED) is 0.701. The van der Waals surface area contributed by atoms with Crippen molar-refractivity contribution in [2.75, 3.05) is 0 Å². The third-order valence-electron chi connectivity index (χ3n) is 3.83. The van der Waals surface area contributed by atoms with Crippen LogP contribution in [0, 0.1) is 0 Å². The first-order valence-corrected chi connectivity index (χ1v) is 7.83. The fourth-order valence-electron chi connectivity index (χ4n) is 2.62. The van der Waals surface area contributed by atoms with Crippen molar-refractivity contribution in [2.24, 2.45) is 7.05 Å². The Morgan fingerprint density at radius 1 is 1.04 bits per heavy atom. The lowest BCUT2D eigenvalue weighted by Gasteiger charge is -2.12. The summed E-state index contributed by atoms with van der Waals surface area (Å²) in [6.45, 7) is 0. The van der Waals surface area contributed by atoms with E-state index < -0.39 is 11.7 Å². The Hall–Kier alpha value is -3.03. The first-order valence-electron chi connectivity index (χ1n) is 7.83. The number of benzene rings is 2. The highest BCUT2D eigenvalue weighted by Gasteiger charge is 2.33. The fourth-order valence-corrected chi connectivity index (χ4v) is 2.62. The molecular formula is C18H15F3N4O. The molecule has 0 spiro atoms. The molecule has 0 unspecified atom stereocenters. The second-order valence-corrected chi connectivity index (χ2v) is 5.85. The number of nitrogens with zero attached hydrogens (tertiary/aromatic N) is 4. The van der Waals surface area contributed by atoms with E-state index in [1.54, 1.807) is 31.3 Å². The van der Waals surface area contributed by atoms with Gasteiger partial charge in [-0.25, -0.2) is 0 Å². The Morgan fingerprint density at radius 3 is 2.35 bits per heavy atom. The van der Waals surface area contributed by atoms with Crippen LogP contribution < -0.4 is 0 Å². The molecule has 2 aromatic carbocycles. The van der Waals surface area contributed by atoms with Gasteiger partial charge >= 0.3 is 6.18 Å². The number of halogens is 3. The zero-order valence-corrected chi connectivity index (χ0v) is 13.9. The molecule has 5 nitrogen and oxygen atoms in total. The first kappa shape index (κ1) is 17.8. The highest BCUT2D eigenvalue weighted by molar-refractivity contribution is 5.83. The molecule has 1 heterocycles. The first-order chi connectivity index (χ1) is 12.3. The molecule has 0 aliphatic heterocycles. The molecule has 0 aliphatic rings. The summed E-state index contributed by atoms with van der Waals surface area (Å²) in [5, 5.41) is 11.7. The number of hydrogen-bond donors (Lipinski definition) is 0. The minimum atomic E-state index is -4.47. The normalized spacial score (nSPS) is 11.5. The standard InChI is InChI=1S/C18H15F3N4O/c1-25-23-17(22-24-25)13-8-6-12(7-9-13)10-15(26)11-14-4-2-3-5-16(14)18(19,20)21/h2-9H,10-11H2,1H3. The SMILES string of the molecule is Cn1nnc(-c2ccc(CC(=O)Cc3ccccc3C(F)(F)F)cc2)n1. The van der Waals surface area contributed by atoms with Gasteiger partial charge in [-0.05, 0) is 22.4 Å².